The Kier molecular flexibility index (Phi) is 4.39. The molecule has 0 amide bonds. The molecule has 0 aromatic heterocycles. The van der Waals surface area contributed by atoms with Crippen LogP contribution in [-0.2, 0) is 10.0 Å². The summed E-state index contributed by atoms with van der Waals surface area (Å²) >= 11 is 0. The summed E-state index contributed by atoms with van der Waals surface area (Å²) < 4.78 is 29.0. The number of hydrogen-bond acceptors (Lipinski definition) is 3. The molecule has 2 unspecified atom stereocenters. The van der Waals surface area contributed by atoms with Gasteiger partial charge in [0.05, 0.1) is 11.0 Å². The molecule has 0 spiro atoms. The number of hydrogen-bond donors (Lipinski definition) is 1. The maximum Gasteiger partial charge on any atom is 0.238 e. The van der Waals surface area contributed by atoms with E-state index in [-0.39, 0.29) is 11.0 Å². The smallest absolute Gasteiger partial charge is 0.238 e. The standard InChI is InChI=1S/C15H23NO3S/c1-10-5-4-6-13(7-10)19-14-8-12(3)15(9-11(14)2)20(16,17)18/h8-10,13H,4-7H2,1-3H3,(H2,16,17,18). The molecule has 1 aromatic rings. The van der Waals surface area contributed by atoms with Crippen LogP contribution in [0, 0.1) is 19.8 Å². The highest BCUT2D eigenvalue weighted by Gasteiger charge is 2.22. The summed E-state index contributed by atoms with van der Waals surface area (Å²) in [6, 6.07) is 3.39. The van der Waals surface area contributed by atoms with Crippen LogP contribution in [0.5, 0.6) is 5.75 Å². The molecule has 112 valence electrons. The summed E-state index contributed by atoms with van der Waals surface area (Å²) in [6.45, 7) is 5.85. The minimum absolute atomic E-state index is 0.180. The van der Waals surface area contributed by atoms with Gasteiger partial charge in [-0.2, -0.15) is 0 Å². The summed E-state index contributed by atoms with van der Waals surface area (Å²) in [4.78, 5) is 0.180. The minimum Gasteiger partial charge on any atom is -0.490 e. The summed E-state index contributed by atoms with van der Waals surface area (Å²) in [5, 5.41) is 5.21. The van der Waals surface area contributed by atoms with Crippen molar-refractivity contribution in [3.05, 3.63) is 23.3 Å². The number of rotatable bonds is 3. The predicted octanol–water partition coefficient (Wildman–Crippen LogP) is 2.91. The highest BCUT2D eigenvalue weighted by Crippen LogP contribution is 2.31. The molecule has 2 N–H and O–H groups in total. The van der Waals surface area contributed by atoms with Crippen molar-refractivity contribution < 1.29 is 13.2 Å². The Morgan fingerprint density at radius 1 is 1.20 bits per heavy atom. The van der Waals surface area contributed by atoms with Crippen molar-refractivity contribution in [2.75, 3.05) is 0 Å². The number of aryl methyl sites for hydroxylation is 2. The molecule has 5 heteroatoms. The molecule has 1 aliphatic rings. The Bertz CT molecular complexity index is 595. The van der Waals surface area contributed by atoms with Gasteiger partial charge in [-0.15, -0.1) is 0 Å². The van der Waals surface area contributed by atoms with E-state index in [1.54, 1.807) is 19.1 Å². The van der Waals surface area contributed by atoms with Gasteiger partial charge >= 0.3 is 0 Å². The highest BCUT2D eigenvalue weighted by molar-refractivity contribution is 7.89. The van der Waals surface area contributed by atoms with E-state index in [2.05, 4.69) is 6.92 Å². The molecule has 1 aliphatic carbocycles. The first kappa shape index (κ1) is 15.3. The van der Waals surface area contributed by atoms with E-state index in [0.717, 1.165) is 24.2 Å². The average molecular weight is 297 g/mol. The van der Waals surface area contributed by atoms with Crippen LogP contribution >= 0.6 is 0 Å². The number of nitrogens with two attached hydrogens (primary N) is 1. The van der Waals surface area contributed by atoms with Gasteiger partial charge in [0.15, 0.2) is 0 Å². The lowest BCUT2D eigenvalue weighted by molar-refractivity contribution is 0.128. The fourth-order valence-corrected chi connectivity index (χ4v) is 3.71. The fraction of sp³-hybridized carbons (Fsp3) is 0.600. The second-order valence-corrected chi connectivity index (χ2v) is 7.47. The molecule has 0 saturated heterocycles. The molecule has 0 aliphatic heterocycles. The number of benzene rings is 1. The largest absolute Gasteiger partial charge is 0.490 e. The topological polar surface area (TPSA) is 69.4 Å². The third-order valence-corrected chi connectivity index (χ3v) is 5.01. The van der Waals surface area contributed by atoms with Crippen molar-refractivity contribution in [1.82, 2.24) is 0 Å². The number of ether oxygens (including phenoxy) is 1. The average Bonchev–Trinajstić information content (AvgIpc) is 2.32. The van der Waals surface area contributed by atoms with Crippen LogP contribution in [0.15, 0.2) is 17.0 Å². The third-order valence-electron chi connectivity index (χ3n) is 3.96. The van der Waals surface area contributed by atoms with Crippen molar-refractivity contribution in [3.8, 4) is 5.75 Å². The van der Waals surface area contributed by atoms with Crippen LogP contribution in [0.3, 0.4) is 0 Å². The summed E-state index contributed by atoms with van der Waals surface area (Å²) in [7, 11) is -3.67. The van der Waals surface area contributed by atoms with Crippen LogP contribution in [-0.4, -0.2) is 14.5 Å². The van der Waals surface area contributed by atoms with Crippen LogP contribution in [0.4, 0.5) is 0 Å². The van der Waals surface area contributed by atoms with Crippen molar-refractivity contribution in [2.24, 2.45) is 11.1 Å². The molecule has 4 nitrogen and oxygen atoms in total. The quantitative estimate of drug-likeness (QED) is 0.932. The first-order valence-electron chi connectivity index (χ1n) is 7.08. The Balaban J connectivity index is 2.23. The van der Waals surface area contributed by atoms with Gasteiger partial charge < -0.3 is 4.74 Å². The lowest BCUT2D eigenvalue weighted by Crippen LogP contribution is -2.24. The molecule has 2 rings (SSSR count). The SMILES string of the molecule is Cc1cc(S(N)(=O)=O)c(C)cc1OC1CCCC(C)C1. The van der Waals surface area contributed by atoms with E-state index in [1.807, 2.05) is 6.92 Å². The Labute approximate surface area is 121 Å². The summed E-state index contributed by atoms with van der Waals surface area (Å²) in [6.07, 6.45) is 4.83. The van der Waals surface area contributed by atoms with Gasteiger partial charge in [0.25, 0.3) is 0 Å². The molecular formula is C15H23NO3S. The first-order valence-corrected chi connectivity index (χ1v) is 8.62. The van der Waals surface area contributed by atoms with E-state index < -0.39 is 10.0 Å². The van der Waals surface area contributed by atoms with Gasteiger partial charge in [-0.1, -0.05) is 13.3 Å². The van der Waals surface area contributed by atoms with Crippen LogP contribution in [0.1, 0.15) is 43.7 Å². The monoisotopic (exact) mass is 297 g/mol. The molecule has 1 saturated carbocycles. The van der Waals surface area contributed by atoms with Crippen molar-refractivity contribution in [2.45, 2.75) is 57.5 Å². The zero-order valence-electron chi connectivity index (χ0n) is 12.3. The molecule has 2 atom stereocenters. The van der Waals surface area contributed by atoms with Gasteiger partial charge in [-0.05, 0) is 62.3 Å². The van der Waals surface area contributed by atoms with E-state index in [4.69, 9.17) is 9.88 Å². The summed E-state index contributed by atoms with van der Waals surface area (Å²) in [5.74, 6) is 1.47. The van der Waals surface area contributed by atoms with E-state index >= 15 is 0 Å². The van der Waals surface area contributed by atoms with Gasteiger partial charge in [-0.3, -0.25) is 0 Å². The Morgan fingerprint density at radius 2 is 1.90 bits per heavy atom. The molecule has 0 heterocycles. The van der Waals surface area contributed by atoms with Crippen LogP contribution in [0.25, 0.3) is 0 Å². The van der Waals surface area contributed by atoms with Crippen molar-refractivity contribution in [3.63, 3.8) is 0 Å². The zero-order valence-corrected chi connectivity index (χ0v) is 13.2. The van der Waals surface area contributed by atoms with Gasteiger partial charge in [-0.25, -0.2) is 13.6 Å². The van der Waals surface area contributed by atoms with Gasteiger partial charge in [0.2, 0.25) is 10.0 Å². The molecule has 1 aromatic carbocycles. The lowest BCUT2D eigenvalue weighted by atomic mass is 9.88. The van der Waals surface area contributed by atoms with E-state index in [9.17, 15) is 8.42 Å². The Hall–Kier alpha value is -1.07. The molecular weight excluding hydrogens is 274 g/mol. The normalized spacial score (nSPS) is 23.6. The minimum atomic E-state index is -3.67. The predicted molar refractivity (Wildman–Crippen MR) is 79.3 cm³/mol. The third kappa shape index (κ3) is 3.52. The molecule has 20 heavy (non-hydrogen) atoms. The van der Waals surface area contributed by atoms with Gasteiger partial charge in [0, 0.05) is 0 Å². The fourth-order valence-electron chi connectivity index (χ4n) is 2.86. The zero-order chi connectivity index (χ0) is 14.9. The lowest BCUT2D eigenvalue weighted by Gasteiger charge is -2.28. The van der Waals surface area contributed by atoms with E-state index in [1.165, 1.54) is 12.8 Å². The number of sulfonamides is 1. The first-order chi connectivity index (χ1) is 9.27. The maximum absolute atomic E-state index is 11.5. The van der Waals surface area contributed by atoms with Crippen LogP contribution in [0.2, 0.25) is 0 Å². The van der Waals surface area contributed by atoms with E-state index in [0.29, 0.717) is 11.5 Å². The Morgan fingerprint density at radius 3 is 2.50 bits per heavy atom. The highest BCUT2D eigenvalue weighted by atomic mass is 32.2. The van der Waals surface area contributed by atoms with Crippen LogP contribution < -0.4 is 9.88 Å². The summed E-state index contributed by atoms with van der Waals surface area (Å²) in [5.41, 5.74) is 1.45. The second kappa shape index (κ2) is 5.74. The molecule has 0 bridgehead atoms. The van der Waals surface area contributed by atoms with Crippen molar-refractivity contribution >= 4 is 10.0 Å². The molecule has 0 radical (unpaired) electrons. The van der Waals surface area contributed by atoms with Gasteiger partial charge in [0.1, 0.15) is 5.75 Å². The second-order valence-electron chi connectivity index (χ2n) is 5.94. The molecule has 1 fully saturated rings. The number of primary sulfonamides is 1. The maximum atomic E-state index is 11.5. The van der Waals surface area contributed by atoms with Crippen molar-refractivity contribution in [1.29, 1.82) is 0 Å².